The second-order valence-corrected chi connectivity index (χ2v) is 4.61. The van der Waals surface area contributed by atoms with E-state index in [1.54, 1.807) is 6.92 Å². The van der Waals surface area contributed by atoms with E-state index in [1.165, 1.54) is 19.8 Å². The standard InChI is InChI=1S/C12H19NO3/c1-7(6-10-4-5-10)13-11(14)8(2)9(3)12(15)16/h7,10H,4-6H2,1-3H3,(H,13,14)(H,15,16). The molecule has 0 aromatic rings. The van der Waals surface area contributed by atoms with Gasteiger partial charge in [-0.1, -0.05) is 12.8 Å². The van der Waals surface area contributed by atoms with Gasteiger partial charge >= 0.3 is 5.97 Å². The van der Waals surface area contributed by atoms with E-state index in [9.17, 15) is 9.59 Å². The van der Waals surface area contributed by atoms with E-state index in [2.05, 4.69) is 5.32 Å². The van der Waals surface area contributed by atoms with Crippen molar-refractivity contribution < 1.29 is 14.7 Å². The number of amides is 1. The molecule has 0 aliphatic heterocycles. The molecule has 1 aliphatic rings. The normalized spacial score (nSPS) is 18.7. The zero-order chi connectivity index (χ0) is 12.3. The van der Waals surface area contributed by atoms with Gasteiger partial charge in [-0.2, -0.15) is 0 Å². The molecule has 1 rings (SSSR count). The lowest BCUT2D eigenvalue weighted by molar-refractivity contribution is -0.133. The Balaban J connectivity index is 2.49. The van der Waals surface area contributed by atoms with Gasteiger partial charge in [-0.25, -0.2) is 4.79 Å². The molecule has 90 valence electrons. The zero-order valence-corrected chi connectivity index (χ0v) is 10.0. The van der Waals surface area contributed by atoms with Crippen LogP contribution < -0.4 is 5.32 Å². The van der Waals surface area contributed by atoms with Gasteiger partial charge < -0.3 is 10.4 Å². The summed E-state index contributed by atoms with van der Waals surface area (Å²) in [5.41, 5.74) is 0.395. The number of hydrogen-bond donors (Lipinski definition) is 2. The fourth-order valence-corrected chi connectivity index (χ4v) is 1.58. The van der Waals surface area contributed by atoms with E-state index in [1.807, 2.05) is 6.92 Å². The Bertz CT molecular complexity index is 329. The predicted molar refractivity (Wildman–Crippen MR) is 61.0 cm³/mol. The Labute approximate surface area is 95.7 Å². The Kier molecular flexibility index (Phi) is 4.10. The quantitative estimate of drug-likeness (QED) is 0.700. The van der Waals surface area contributed by atoms with Gasteiger partial charge in [0.2, 0.25) is 5.91 Å². The molecule has 1 saturated carbocycles. The number of carboxylic acids is 1. The Morgan fingerprint density at radius 3 is 2.31 bits per heavy atom. The molecule has 4 nitrogen and oxygen atoms in total. The van der Waals surface area contributed by atoms with Gasteiger partial charge in [0.05, 0.1) is 0 Å². The highest BCUT2D eigenvalue weighted by molar-refractivity contribution is 6.01. The van der Waals surface area contributed by atoms with E-state index in [-0.39, 0.29) is 23.1 Å². The number of rotatable bonds is 5. The van der Waals surface area contributed by atoms with Crippen LogP contribution in [-0.2, 0) is 9.59 Å². The Morgan fingerprint density at radius 2 is 1.88 bits per heavy atom. The molecule has 0 spiro atoms. The van der Waals surface area contributed by atoms with Crippen LogP contribution in [0, 0.1) is 5.92 Å². The molecule has 1 fully saturated rings. The van der Waals surface area contributed by atoms with E-state index in [4.69, 9.17) is 5.11 Å². The summed E-state index contributed by atoms with van der Waals surface area (Å²) < 4.78 is 0. The molecule has 0 bridgehead atoms. The number of hydrogen-bond acceptors (Lipinski definition) is 2. The summed E-state index contributed by atoms with van der Waals surface area (Å²) >= 11 is 0. The van der Waals surface area contributed by atoms with Gasteiger partial charge in [0.15, 0.2) is 0 Å². The van der Waals surface area contributed by atoms with Crippen molar-refractivity contribution in [2.75, 3.05) is 0 Å². The van der Waals surface area contributed by atoms with Crippen LogP contribution in [0.1, 0.15) is 40.0 Å². The summed E-state index contributed by atoms with van der Waals surface area (Å²) in [6, 6.07) is 0.122. The van der Waals surface area contributed by atoms with Gasteiger partial charge in [0, 0.05) is 17.2 Å². The second kappa shape index (κ2) is 5.14. The highest BCUT2D eigenvalue weighted by atomic mass is 16.4. The largest absolute Gasteiger partial charge is 0.478 e. The molecule has 4 heteroatoms. The lowest BCUT2D eigenvalue weighted by atomic mass is 10.1. The summed E-state index contributed by atoms with van der Waals surface area (Å²) in [7, 11) is 0. The van der Waals surface area contributed by atoms with Crippen LogP contribution in [0.15, 0.2) is 11.1 Å². The lowest BCUT2D eigenvalue weighted by Gasteiger charge is -2.14. The van der Waals surface area contributed by atoms with Crippen LogP contribution in [0.2, 0.25) is 0 Å². The smallest absolute Gasteiger partial charge is 0.331 e. The molecular formula is C12H19NO3. The SMILES string of the molecule is CC(C(=O)O)=C(C)C(=O)NC(C)CC1CC1. The average molecular weight is 225 g/mol. The highest BCUT2D eigenvalue weighted by Crippen LogP contribution is 2.33. The fraction of sp³-hybridized carbons (Fsp3) is 0.667. The molecule has 16 heavy (non-hydrogen) atoms. The van der Waals surface area contributed by atoms with Crippen molar-refractivity contribution in [1.29, 1.82) is 0 Å². The molecule has 0 aromatic heterocycles. The molecule has 0 heterocycles. The van der Waals surface area contributed by atoms with Gasteiger partial charge in [0.25, 0.3) is 0 Å². The summed E-state index contributed by atoms with van der Waals surface area (Å²) in [6.45, 7) is 4.95. The number of aliphatic carboxylic acids is 1. The Hall–Kier alpha value is -1.32. The van der Waals surface area contributed by atoms with Gasteiger partial charge in [-0.3, -0.25) is 4.79 Å². The molecule has 0 aromatic carbocycles. The van der Waals surface area contributed by atoms with Crippen molar-refractivity contribution in [2.24, 2.45) is 5.92 Å². The van der Waals surface area contributed by atoms with Gasteiger partial charge in [-0.15, -0.1) is 0 Å². The topological polar surface area (TPSA) is 66.4 Å². The van der Waals surface area contributed by atoms with Gasteiger partial charge in [0.1, 0.15) is 0 Å². The minimum atomic E-state index is -1.04. The number of carbonyl (C=O) groups excluding carboxylic acids is 1. The van der Waals surface area contributed by atoms with Crippen LogP contribution in [0.25, 0.3) is 0 Å². The van der Waals surface area contributed by atoms with E-state index < -0.39 is 5.97 Å². The highest BCUT2D eigenvalue weighted by Gasteiger charge is 2.24. The maximum absolute atomic E-state index is 11.7. The number of carboxylic acid groups (broad SMARTS) is 1. The summed E-state index contributed by atoms with van der Waals surface area (Å²) in [5, 5.41) is 11.6. The molecule has 2 N–H and O–H groups in total. The molecule has 0 radical (unpaired) electrons. The third kappa shape index (κ3) is 3.68. The number of carbonyl (C=O) groups is 2. The molecule has 1 amide bonds. The van der Waals surface area contributed by atoms with E-state index in [0.717, 1.165) is 12.3 Å². The predicted octanol–water partition coefficient (Wildman–Crippen LogP) is 1.71. The summed E-state index contributed by atoms with van der Waals surface area (Å²) in [4.78, 5) is 22.3. The van der Waals surface area contributed by atoms with E-state index in [0.29, 0.717) is 0 Å². The monoisotopic (exact) mass is 225 g/mol. The third-order valence-electron chi connectivity index (χ3n) is 2.99. The molecule has 1 unspecified atom stereocenters. The van der Waals surface area contributed by atoms with Crippen molar-refractivity contribution in [3.63, 3.8) is 0 Å². The van der Waals surface area contributed by atoms with Crippen molar-refractivity contribution >= 4 is 11.9 Å². The molecule has 0 saturated heterocycles. The first kappa shape index (κ1) is 12.7. The molecule has 1 aliphatic carbocycles. The maximum atomic E-state index is 11.7. The third-order valence-corrected chi connectivity index (χ3v) is 2.99. The average Bonchev–Trinajstić information content (AvgIpc) is 2.98. The van der Waals surface area contributed by atoms with Crippen molar-refractivity contribution in [2.45, 2.75) is 46.1 Å². The zero-order valence-electron chi connectivity index (χ0n) is 10.0. The minimum Gasteiger partial charge on any atom is -0.478 e. The maximum Gasteiger partial charge on any atom is 0.331 e. The van der Waals surface area contributed by atoms with Crippen LogP contribution in [-0.4, -0.2) is 23.0 Å². The van der Waals surface area contributed by atoms with Gasteiger partial charge in [-0.05, 0) is 33.1 Å². The molecular weight excluding hydrogens is 206 g/mol. The summed E-state index contributed by atoms with van der Waals surface area (Å²) in [5.74, 6) is -0.560. The van der Waals surface area contributed by atoms with Crippen LogP contribution in [0.3, 0.4) is 0 Å². The molecule has 1 atom stereocenters. The van der Waals surface area contributed by atoms with E-state index >= 15 is 0 Å². The minimum absolute atomic E-state index is 0.108. The Morgan fingerprint density at radius 1 is 1.31 bits per heavy atom. The first-order chi connectivity index (χ1) is 7.41. The van der Waals surface area contributed by atoms with Crippen LogP contribution >= 0.6 is 0 Å². The first-order valence-corrected chi connectivity index (χ1v) is 5.63. The lowest BCUT2D eigenvalue weighted by Crippen LogP contribution is -2.34. The van der Waals surface area contributed by atoms with Crippen LogP contribution in [0.4, 0.5) is 0 Å². The second-order valence-electron chi connectivity index (χ2n) is 4.61. The first-order valence-electron chi connectivity index (χ1n) is 5.63. The van der Waals surface area contributed by atoms with Crippen molar-refractivity contribution in [1.82, 2.24) is 5.32 Å². The van der Waals surface area contributed by atoms with Crippen molar-refractivity contribution in [3.05, 3.63) is 11.1 Å². The number of nitrogens with one attached hydrogen (secondary N) is 1. The van der Waals surface area contributed by atoms with Crippen molar-refractivity contribution in [3.8, 4) is 0 Å². The summed E-state index contributed by atoms with van der Waals surface area (Å²) in [6.07, 6.45) is 3.50. The van der Waals surface area contributed by atoms with Crippen LogP contribution in [0.5, 0.6) is 0 Å². The fourth-order valence-electron chi connectivity index (χ4n) is 1.58.